The van der Waals surface area contributed by atoms with Gasteiger partial charge in [0.1, 0.15) is 0 Å². The number of hydrogen-bond donors (Lipinski definition) is 3. The fourth-order valence-corrected chi connectivity index (χ4v) is 2.23. The lowest BCUT2D eigenvalue weighted by Crippen LogP contribution is -2.39. The summed E-state index contributed by atoms with van der Waals surface area (Å²) in [5.41, 5.74) is 1.88. The van der Waals surface area contributed by atoms with Crippen molar-refractivity contribution in [3.63, 3.8) is 0 Å². The second kappa shape index (κ2) is 6.43. The average molecular weight is 275 g/mol. The predicted octanol–water partition coefficient (Wildman–Crippen LogP) is 2.55. The lowest BCUT2D eigenvalue weighted by Gasteiger charge is -2.14. The van der Waals surface area contributed by atoms with Gasteiger partial charge in [0.05, 0.1) is 23.9 Å². The van der Waals surface area contributed by atoms with Crippen LogP contribution in [0.2, 0.25) is 0 Å². The summed E-state index contributed by atoms with van der Waals surface area (Å²) < 4.78 is 2.09. The maximum absolute atomic E-state index is 11.9. The average Bonchev–Trinajstić information content (AvgIpc) is 2.83. The first kappa shape index (κ1) is 14.4. The molecule has 0 fully saturated rings. The van der Waals surface area contributed by atoms with Crippen LogP contribution in [0.4, 0.5) is 10.5 Å². The number of benzene rings is 1. The van der Waals surface area contributed by atoms with Gasteiger partial charge in [0.15, 0.2) is 0 Å². The molecule has 20 heavy (non-hydrogen) atoms. The van der Waals surface area contributed by atoms with Crippen LogP contribution in [-0.4, -0.2) is 28.4 Å². The normalized spacial score (nSPS) is 12.3. The van der Waals surface area contributed by atoms with E-state index in [1.165, 1.54) is 0 Å². The van der Waals surface area contributed by atoms with Crippen LogP contribution in [0.15, 0.2) is 30.5 Å². The van der Waals surface area contributed by atoms with Crippen molar-refractivity contribution < 1.29 is 9.90 Å². The molecule has 1 atom stereocenters. The number of aryl methyl sites for hydroxylation is 1. The van der Waals surface area contributed by atoms with E-state index < -0.39 is 0 Å². The quantitative estimate of drug-likeness (QED) is 0.785. The van der Waals surface area contributed by atoms with E-state index >= 15 is 0 Å². The molecule has 1 aromatic heterocycles. The molecule has 2 aromatic rings. The molecular formula is C15H21N3O2. The summed E-state index contributed by atoms with van der Waals surface area (Å²) in [7, 11) is 0. The van der Waals surface area contributed by atoms with E-state index in [1.54, 1.807) is 0 Å². The number of fused-ring (bicyclic) bond motifs is 1. The maximum atomic E-state index is 11.9. The van der Waals surface area contributed by atoms with E-state index in [0.29, 0.717) is 6.42 Å². The minimum atomic E-state index is -0.287. The molecule has 0 aliphatic rings. The van der Waals surface area contributed by atoms with Crippen molar-refractivity contribution >= 4 is 22.6 Å². The largest absolute Gasteiger partial charge is 0.394 e. The van der Waals surface area contributed by atoms with Crippen molar-refractivity contribution in [1.82, 2.24) is 9.88 Å². The van der Waals surface area contributed by atoms with Gasteiger partial charge in [0, 0.05) is 18.1 Å². The van der Waals surface area contributed by atoms with Crippen LogP contribution in [0.3, 0.4) is 0 Å². The molecular weight excluding hydrogens is 254 g/mol. The van der Waals surface area contributed by atoms with Crippen molar-refractivity contribution in [2.45, 2.75) is 32.9 Å². The number of aliphatic hydroxyl groups is 1. The number of para-hydroxylation sites is 1. The first-order valence-corrected chi connectivity index (χ1v) is 6.95. The maximum Gasteiger partial charge on any atom is 0.319 e. The predicted molar refractivity (Wildman–Crippen MR) is 80.9 cm³/mol. The molecule has 5 heteroatoms. The highest BCUT2D eigenvalue weighted by molar-refractivity contribution is 6.01. The van der Waals surface area contributed by atoms with Gasteiger partial charge in [-0.05, 0) is 19.4 Å². The molecule has 0 saturated heterocycles. The summed E-state index contributed by atoms with van der Waals surface area (Å²) in [5, 5.41) is 15.7. The van der Waals surface area contributed by atoms with E-state index in [0.717, 1.165) is 23.1 Å². The van der Waals surface area contributed by atoms with E-state index in [4.69, 9.17) is 5.11 Å². The van der Waals surface area contributed by atoms with Crippen LogP contribution < -0.4 is 10.6 Å². The molecule has 0 spiro atoms. The summed E-state index contributed by atoms with van der Waals surface area (Å²) in [6.45, 7) is 4.78. The van der Waals surface area contributed by atoms with Gasteiger partial charge < -0.3 is 20.3 Å². The van der Waals surface area contributed by atoms with Gasteiger partial charge in [-0.2, -0.15) is 0 Å². The zero-order chi connectivity index (χ0) is 14.5. The first-order chi connectivity index (χ1) is 9.69. The van der Waals surface area contributed by atoms with E-state index in [2.05, 4.69) is 22.1 Å². The van der Waals surface area contributed by atoms with Gasteiger partial charge in [0.25, 0.3) is 0 Å². The van der Waals surface area contributed by atoms with Gasteiger partial charge in [-0.1, -0.05) is 25.1 Å². The van der Waals surface area contributed by atoms with Crippen molar-refractivity contribution in [2.75, 3.05) is 11.9 Å². The fourth-order valence-electron chi connectivity index (χ4n) is 2.23. The molecule has 0 bridgehead atoms. The third kappa shape index (κ3) is 2.93. The smallest absolute Gasteiger partial charge is 0.319 e. The third-order valence-corrected chi connectivity index (χ3v) is 3.43. The highest BCUT2D eigenvalue weighted by Crippen LogP contribution is 2.25. The second-order valence-corrected chi connectivity index (χ2v) is 4.73. The van der Waals surface area contributed by atoms with Gasteiger partial charge >= 0.3 is 6.03 Å². The van der Waals surface area contributed by atoms with Gasteiger partial charge in [-0.3, -0.25) is 0 Å². The number of rotatable bonds is 5. The van der Waals surface area contributed by atoms with Gasteiger partial charge in [0.2, 0.25) is 0 Å². The number of aliphatic hydroxyl groups excluding tert-OH is 1. The highest BCUT2D eigenvalue weighted by atomic mass is 16.3. The number of nitrogens with one attached hydrogen (secondary N) is 2. The molecule has 0 aliphatic heterocycles. The number of anilines is 1. The van der Waals surface area contributed by atoms with Crippen molar-refractivity contribution in [3.8, 4) is 0 Å². The van der Waals surface area contributed by atoms with Crippen LogP contribution in [0, 0.1) is 0 Å². The Hall–Kier alpha value is -2.01. The number of urea groups is 1. The summed E-state index contributed by atoms with van der Waals surface area (Å²) in [5.74, 6) is 0. The van der Waals surface area contributed by atoms with Gasteiger partial charge in [-0.15, -0.1) is 0 Å². The Labute approximate surface area is 118 Å². The van der Waals surface area contributed by atoms with Crippen LogP contribution in [-0.2, 0) is 6.54 Å². The Bertz CT molecular complexity index is 588. The Morgan fingerprint density at radius 3 is 2.75 bits per heavy atom. The molecule has 1 heterocycles. The van der Waals surface area contributed by atoms with Crippen molar-refractivity contribution in [1.29, 1.82) is 0 Å². The molecule has 1 aromatic carbocycles. The SMILES string of the molecule is CC[C@H](CO)NC(=O)Nc1cn(CC)c2ccccc12. The second-order valence-electron chi connectivity index (χ2n) is 4.73. The van der Waals surface area contributed by atoms with Gasteiger partial charge in [-0.25, -0.2) is 4.79 Å². The van der Waals surface area contributed by atoms with E-state index in [9.17, 15) is 4.79 Å². The van der Waals surface area contributed by atoms with E-state index in [-0.39, 0.29) is 18.7 Å². The molecule has 0 radical (unpaired) electrons. The highest BCUT2D eigenvalue weighted by Gasteiger charge is 2.12. The zero-order valence-electron chi connectivity index (χ0n) is 11.9. The van der Waals surface area contributed by atoms with Crippen LogP contribution in [0.1, 0.15) is 20.3 Å². The standard InChI is InChI=1S/C15H21N3O2/c1-3-11(10-19)16-15(20)17-13-9-18(4-2)14-8-6-5-7-12(13)14/h5-9,11,19H,3-4,10H2,1-2H3,(H2,16,17,20)/t11-/m1/s1. The number of amides is 2. The van der Waals surface area contributed by atoms with Crippen LogP contribution in [0.5, 0.6) is 0 Å². The Balaban J connectivity index is 2.19. The van der Waals surface area contributed by atoms with E-state index in [1.807, 2.05) is 37.4 Å². The Kier molecular flexibility index (Phi) is 4.63. The minimum Gasteiger partial charge on any atom is -0.394 e. The molecule has 5 nitrogen and oxygen atoms in total. The zero-order valence-corrected chi connectivity index (χ0v) is 11.9. The van der Waals surface area contributed by atoms with Crippen LogP contribution in [0.25, 0.3) is 10.9 Å². The summed E-state index contributed by atoms with van der Waals surface area (Å²) >= 11 is 0. The first-order valence-electron chi connectivity index (χ1n) is 6.95. The lowest BCUT2D eigenvalue weighted by atomic mass is 10.2. The minimum absolute atomic E-state index is 0.0549. The van der Waals surface area contributed by atoms with Crippen molar-refractivity contribution in [3.05, 3.63) is 30.5 Å². The van der Waals surface area contributed by atoms with Crippen molar-refractivity contribution in [2.24, 2.45) is 0 Å². The lowest BCUT2D eigenvalue weighted by molar-refractivity contribution is 0.222. The topological polar surface area (TPSA) is 66.3 Å². The summed E-state index contributed by atoms with van der Waals surface area (Å²) in [6.07, 6.45) is 2.63. The summed E-state index contributed by atoms with van der Waals surface area (Å²) in [4.78, 5) is 11.9. The number of hydrogen-bond acceptors (Lipinski definition) is 2. The molecule has 108 valence electrons. The number of aromatic nitrogens is 1. The Morgan fingerprint density at radius 2 is 2.10 bits per heavy atom. The van der Waals surface area contributed by atoms with Crippen LogP contribution >= 0.6 is 0 Å². The molecule has 3 N–H and O–H groups in total. The molecule has 0 saturated carbocycles. The molecule has 0 aliphatic carbocycles. The number of nitrogens with zero attached hydrogens (tertiary/aromatic N) is 1. The molecule has 2 rings (SSSR count). The Morgan fingerprint density at radius 1 is 1.35 bits per heavy atom. The number of carbonyl (C=O) groups is 1. The molecule has 2 amide bonds. The monoisotopic (exact) mass is 275 g/mol. The summed E-state index contributed by atoms with van der Waals surface area (Å²) in [6, 6.07) is 7.45. The number of carbonyl (C=O) groups excluding carboxylic acids is 1. The fraction of sp³-hybridized carbons (Fsp3) is 0.400. The molecule has 0 unspecified atom stereocenters. The third-order valence-electron chi connectivity index (χ3n) is 3.43.